The Balaban J connectivity index is 1.97. The molecule has 1 heterocycles. The summed E-state index contributed by atoms with van der Waals surface area (Å²) in [4.78, 5) is 25.3. The summed E-state index contributed by atoms with van der Waals surface area (Å²) in [5.41, 5.74) is 7.36. The first-order valence-corrected chi connectivity index (χ1v) is 7.15. The number of benzene rings is 1. The van der Waals surface area contributed by atoms with E-state index in [1.54, 1.807) is 36.2 Å². The van der Waals surface area contributed by atoms with E-state index in [2.05, 4.69) is 5.32 Å². The van der Waals surface area contributed by atoms with E-state index in [-0.39, 0.29) is 17.9 Å². The molecule has 1 unspecified atom stereocenters. The van der Waals surface area contributed by atoms with Gasteiger partial charge < -0.3 is 16.0 Å². The first kappa shape index (κ1) is 15.3. The summed E-state index contributed by atoms with van der Waals surface area (Å²) in [5, 5.41) is 2.57. The fourth-order valence-corrected chi connectivity index (χ4v) is 2.37. The van der Waals surface area contributed by atoms with Crippen molar-refractivity contribution in [3.63, 3.8) is 0 Å². The van der Waals surface area contributed by atoms with Gasteiger partial charge in [-0.3, -0.25) is 9.59 Å². The molecule has 3 N–H and O–H groups in total. The number of rotatable bonds is 3. The monoisotopic (exact) mass is 287 g/mol. The third kappa shape index (κ3) is 4.16. The van der Waals surface area contributed by atoms with E-state index >= 15 is 0 Å². The van der Waals surface area contributed by atoms with Crippen LogP contribution in [-0.2, 0) is 4.79 Å². The lowest BCUT2D eigenvalue weighted by Gasteiger charge is -2.29. The highest BCUT2D eigenvalue weighted by molar-refractivity contribution is 5.94. The molecule has 2 amide bonds. The Morgan fingerprint density at radius 3 is 2.67 bits per heavy atom. The molecule has 1 aliphatic heterocycles. The zero-order valence-electron chi connectivity index (χ0n) is 12.2. The maximum absolute atomic E-state index is 12.1. The first-order valence-electron chi connectivity index (χ1n) is 7.15. The van der Waals surface area contributed by atoms with Gasteiger partial charge in [-0.05, 0) is 36.6 Å². The molecule has 2 rings (SSSR count). The van der Waals surface area contributed by atoms with Crippen LogP contribution in [0.3, 0.4) is 0 Å². The molecule has 0 aromatic heterocycles. The van der Waals surface area contributed by atoms with E-state index in [0.717, 1.165) is 24.9 Å². The van der Waals surface area contributed by atoms with E-state index in [1.165, 1.54) is 0 Å². The Hall–Kier alpha value is -2.14. The molecule has 0 spiro atoms. The Bertz CT molecular complexity index is 537. The predicted molar refractivity (Wildman–Crippen MR) is 82.7 cm³/mol. The van der Waals surface area contributed by atoms with Gasteiger partial charge in [0.25, 0.3) is 5.91 Å². The third-order valence-electron chi connectivity index (χ3n) is 3.59. The molecule has 112 valence electrons. The lowest BCUT2D eigenvalue weighted by atomic mass is 10.1. The second kappa shape index (κ2) is 7.04. The van der Waals surface area contributed by atoms with Gasteiger partial charge in [0.2, 0.25) is 5.91 Å². The van der Waals surface area contributed by atoms with Gasteiger partial charge >= 0.3 is 0 Å². The van der Waals surface area contributed by atoms with Gasteiger partial charge in [-0.2, -0.15) is 0 Å². The topological polar surface area (TPSA) is 75.4 Å². The summed E-state index contributed by atoms with van der Waals surface area (Å²) in [6.45, 7) is 1.39. The second-order valence-corrected chi connectivity index (χ2v) is 5.22. The first-order chi connectivity index (χ1) is 10.1. The van der Waals surface area contributed by atoms with Gasteiger partial charge in [0.05, 0.1) is 0 Å². The van der Waals surface area contributed by atoms with Crippen LogP contribution in [0.1, 0.15) is 28.8 Å². The minimum absolute atomic E-state index is 0.0134. The van der Waals surface area contributed by atoms with Gasteiger partial charge in [0, 0.05) is 37.8 Å². The number of hydrogen-bond donors (Lipinski definition) is 2. The van der Waals surface area contributed by atoms with Gasteiger partial charge in [-0.25, -0.2) is 0 Å². The molecule has 5 heteroatoms. The summed E-state index contributed by atoms with van der Waals surface area (Å²) in [7, 11) is 1.60. The highest BCUT2D eigenvalue weighted by Gasteiger charge is 2.19. The number of nitrogens with zero attached hydrogens (tertiary/aromatic N) is 1. The Morgan fingerprint density at radius 2 is 2.05 bits per heavy atom. The minimum atomic E-state index is -0.121. The normalized spacial score (nSPS) is 18.8. The molecule has 0 aliphatic carbocycles. The van der Waals surface area contributed by atoms with Crippen molar-refractivity contribution in [2.45, 2.75) is 18.9 Å². The summed E-state index contributed by atoms with van der Waals surface area (Å²) in [6, 6.07) is 7.19. The van der Waals surface area contributed by atoms with Crippen LogP contribution in [-0.4, -0.2) is 42.9 Å². The van der Waals surface area contributed by atoms with Crippen LogP contribution in [0.25, 0.3) is 6.08 Å². The Morgan fingerprint density at radius 1 is 1.33 bits per heavy atom. The number of nitrogens with one attached hydrogen (secondary N) is 1. The van der Waals surface area contributed by atoms with Crippen LogP contribution in [0.15, 0.2) is 30.3 Å². The smallest absolute Gasteiger partial charge is 0.251 e. The molecule has 1 atom stereocenters. The van der Waals surface area contributed by atoms with Gasteiger partial charge in [-0.1, -0.05) is 12.1 Å². The molecular weight excluding hydrogens is 266 g/mol. The Labute approximate surface area is 124 Å². The van der Waals surface area contributed by atoms with Crippen LogP contribution in [0.5, 0.6) is 0 Å². The van der Waals surface area contributed by atoms with E-state index in [4.69, 9.17) is 5.73 Å². The number of likely N-dealkylation sites (tertiary alicyclic amines) is 1. The molecule has 1 aliphatic rings. The van der Waals surface area contributed by atoms with Crippen molar-refractivity contribution in [1.82, 2.24) is 10.2 Å². The number of nitrogens with two attached hydrogens (primary N) is 1. The fourth-order valence-electron chi connectivity index (χ4n) is 2.37. The van der Waals surface area contributed by atoms with E-state index in [1.807, 2.05) is 12.1 Å². The summed E-state index contributed by atoms with van der Waals surface area (Å²) < 4.78 is 0. The number of carbonyl (C=O) groups is 2. The second-order valence-electron chi connectivity index (χ2n) is 5.22. The molecule has 21 heavy (non-hydrogen) atoms. The van der Waals surface area contributed by atoms with Crippen LogP contribution in [0, 0.1) is 0 Å². The van der Waals surface area contributed by atoms with Crippen LogP contribution < -0.4 is 11.1 Å². The van der Waals surface area contributed by atoms with Crippen LogP contribution in [0.2, 0.25) is 0 Å². The summed E-state index contributed by atoms with van der Waals surface area (Å²) >= 11 is 0. The third-order valence-corrected chi connectivity index (χ3v) is 3.59. The van der Waals surface area contributed by atoms with E-state index < -0.39 is 0 Å². The van der Waals surface area contributed by atoms with Crippen molar-refractivity contribution >= 4 is 17.9 Å². The van der Waals surface area contributed by atoms with Crippen molar-refractivity contribution in [3.05, 3.63) is 41.5 Å². The number of carbonyl (C=O) groups excluding carboxylic acids is 2. The predicted octanol–water partition coefficient (Wildman–Crippen LogP) is 1.01. The van der Waals surface area contributed by atoms with Crippen LogP contribution in [0.4, 0.5) is 0 Å². The van der Waals surface area contributed by atoms with Gasteiger partial charge in [0.15, 0.2) is 0 Å². The van der Waals surface area contributed by atoms with Crippen molar-refractivity contribution in [2.24, 2.45) is 5.73 Å². The highest BCUT2D eigenvalue weighted by Crippen LogP contribution is 2.10. The maximum Gasteiger partial charge on any atom is 0.251 e. The fraction of sp³-hybridized carbons (Fsp3) is 0.375. The van der Waals surface area contributed by atoms with Crippen molar-refractivity contribution in [3.8, 4) is 0 Å². The minimum Gasteiger partial charge on any atom is -0.355 e. The lowest BCUT2D eigenvalue weighted by molar-refractivity contribution is -0.127. The Kier molecular flexibility index (Phi) is 5.11. The molecule has 0 saturated carbocycles. The lowest BCUT2D eigenvalue weighted by Crippen LogP contribution is -2.45. The highest BCUT2D eigenvalue weighted by atomic mass is 16.2. The zero-order chi connectivity index (χ0) is 15.2. The maximum atomic E-state index is 12.1. The molecule has 1 aromatic carbocycles. The average Bonchev–Trinajstić information content (AvgIpc) is 2.52. The van der Waals surface area contributed by atoms with E-state index in [9.17, 15) is 9.59 Å². The molecule has 5 nitrogen and oxygen atoms in total. The molecule has 0 radical (unpaired) electrons. The standard InChI is InChI=1S/C16H21N3O2/c1-18-16(21)13-7-4-12(5-8-13)6-9-15(20)19-10-2-3-14(17)11-19/h4-9,14H,2-3,10-11,17H2,1H3,(H,18,21). The van der Waals surface area contributed by atoms with E-state index in [0.29, 0.717) is 12.1 Å². The molecule has 1 saturated heterocycles. The van der Waals surface area contributed by atoms with Gasteiger partial charge in [0.1, 0.15) is 0 Å². The largest absolute Gasteiger partial charge is 0.355 e. The quantitative estimate of drug-likeness (QED) is 0.815. The number of amides is 2. The molecule has 1 fully saturated rings. The van der Waals surface area contributed by atoms with Crippen molar-refractivity contribution in [2.75, 3.05) is 20.1 Å². The zero-order valence-corrected chi connectivity index (χ0v) is 12.2. The van der Waals surface area contributed by atoms with Gasteiger partial charge in [-0.15, -0.1) is 0 Å². The number of hydrogen-bond acceptors (Lipinski definition) is 3. The van der Waals surface area contributed by atoms with Crippen molar-refractivity contribution < 1.29 is 9.59 Å². The average molecular weight is 287 g/mol. The molecular formula is C16H21N3O2. The van der Waals surface area contributed by atoms with Crippen molar-refractivity contribution in [1.29, 1.82) is 0 Å². The molecule has 0 bridgehead atoms. The number of piperidine rings is 1. The summed E-state index contributed by atoms with van der Waals surface area (Å²) in [6.07, 6.45) is 5.26. The van der Waals surface area contributed by atoms with Crippen LogP contribution >= 0.6 is 0 Å². The SMILES string of the molecule is CNC(=O)c1ccc(C=CC(=O)N2CCCC(N)C2)cc1. The molecule has 1 aromatic rings. The summed E-state index contributed by atoms with van der Waals surface area (Å²) in [5.74, 6) is -0.135.